The molecule has 1 aliphatic carbocycles. The summed E-state index contributed by atoms with van der Waals surface area (Å²) in [5.74, 6) is -0.184. The molecule has 0 radical (unpaired) electrons. The normalized spacial score (nSPS) is 21.0. The molecule has 0 amide bonds. The van der Waals surface area contributed by atoms with Crippen molar-refractivity contribution in [3.05, 3.63) is 12.2 Å². The van der Waals surface area contributed by atoms with Gasteiger partial charge in [-0.1, -0.05) is 19.4 Å². The number of carbonyl (C=O) groups excluding carboxylic acids is 1. The first-order chi connectivity index (χ1) is 6.72. The standard InChI is InChI=1S/C12H20O2/c1-3-8-11(13)14-12(4-2)9-6-5-7-10-12/h3,8H,4-7,9-10H2,1-2H3. The highest BCUT2D eigenvalue weighted by Crippen LogP contribution is 2.34. The zero-order valence-corrected chi connectivity index (χ0v) is 9.21. The van der Waals surface area contributed by atoms with Gasteiger partial charge < -0.3 is 4.74 Å². The number of esters is 1. The molecule has 1 aliphatic rings. The minimum atomic E-state index is -0.184. The van der Waals surface area contributed by atoms with Crippen LogP contribution in [0.4, 0.5) is 0 Å². The molecule has 80 valence electrons. The van der Waals surface area contributed by atoms with Crippen LogP contribution in [-0.2, 0) is 9.53 Å². The largest absolute Gasteiger partial charge is 0.456 e. The maximum Gasteiger partial charge on any atom is 0.330 e. The fourth-order valence-corrected chi connectivity index (χ4v) is 2.11. The number of hydrogen-bond donors (Lipinski definition) is 0. The predicted molar refractivity (Wildman–Crippen MR) is 57.0 cm³/mol. The van der Waals surface area contributed by atoms with Crippen LogP contribution in [0.3, 0.4) is 0 Å². The van der Waals surface area contributed by atoms with Crippen LogP contribution in [0.1, 0.15) is 52.4 Å². The van der Waals surface area contributed by atoms with Crippen molar-refractivity contribution in [2.75, 3.05) is 0 Å². The van der Waals surface area contributed by atoms with Gasteiger partial charge in [0.05, 0.1) is 0 Å². The van der Waals surface area contributed by atoms with Crippen LogP contribution >= 0.6 is 0 Å². The van der Waals surface area contributed by atoms with Crippen LogP contribution in [0, 0.1) is 0 Å². The molecule has 0 atom stereocenters. The summed E-state index contributed by atoms with van der Waals surface area (Å²) in [5, 5.41) is 0. The highest BCUT2D eigenvalue weighted by Gasteiger charge is 2.33. The molecule has 1 saturated carbocycles. The lowest BCUT2D eigenvalue weighted by Gasteiger charge is -2.35. The van der Waals surface area contributed by atoms with E-state index in [-0.39, 0.29) is 11.6 Å². The van der Waals surface area contributed by atoms with E-state index in [0.29, 0.717) is 0 Å². The van der Waals surface area contributed by atoms with Gasteiger partial charge >= 0.3 is 5.97 Å². The van der Waals surface area contributed by atoms with E-state index in [0.717, 1.165) is 19.3 Å². The van der Waals surface area contributed by atoms with Crippen LogP contribution in [0.25, 0.3) is 0 Å². The molecule has 2 heteroatoms. The van der Waals surface area contributed by atoms with Gasteiger partial charge in [0.25, 0.3) is 0 Å². The van der Waals surface area contributed by atoms with Gasteiger partial charge in [-0.15, -0.1) is 0 Å². The maximum atomic E-state index is 11.4. The molecule has 0 unspecified atom stereocenters. The summed E-state index contributed by atoms with van der Waals surface area (Å²) < 4.78 is 5.54. The second-order valence-corrected chi connectivity index (χ2v) is 4.02. The summed E-state index contributed by atoms with van der Waals surface area (Å²) >= 11 is 0. The first-order valence-corrected chi connectivity index (χ1v) is 5.58. The maximum absolute atomic E-state index is 11.4. The smallest absolute Gasteiger partial charge is 0.330 e. The van der Waals surface area contributed by atoms with Crippen LogP contribution in [0.5, 0.6) is 0 Å². The summed E-state index contributed by atoms with van der Waals surface area (Å²) in [6.45, 7) is 3.94. The van der Waals surface area contributed by atoms with E-state index in [4.69, 9.17) is 4.74 Å². The topological polar surface area (TPSA) is 26.3 Å². The van der Waals surface area contributed by atoms with Gasteiger partial charge in [-0.25, -0.2) is 4.79 Å². The SMILES string of the molecule is CC=CC(=O)OC1(CC)CCCCC1. The fourth-order valence-electron chi connectivity index (χ4n) is 2.11. The number of allylic oxidation sites excluding steroid dienone is 1. The third-order valence-electron chi connectivity index (χ3n) is 3.03. The number of ether oxygens (including phenoxy) is 1. The zero-order chi connectivity index (χ0) is 10.4. The average molecular weight is 196 g/mol. The number of carbonyl (C=O) groups is 1. The van der Waals surface area contributed by atoms with E-state index in [1.165, 1.54) is 25.3 Å². The van der Waals surface area contributed by atoms with E-state index in [9.17, 15) is 4.79 Å². The first-order valence-electron chi connectivity index (χ1n) is 5.58. The number of hydrogen-bond acceptors (Lipinski definition) is 2. The summed E-state index contributed by atoms with van der Waals surface area (Å²) in [6, 6.07) is 0. The Morgan fingerprint density at radius 2 is 2.00 bits per heavy atom. The lowest BCUT2D eigenvalue weighted by Crippen LogP contribution is -2.36. The molecule has 1 fully saturated rings. The lowest BCUT2D eigenvalue weighted by atomic mass is 9.83. The zero-order valence-electron chi connectivity index (χ0n) is 9.21. The van der Waals surface area contributed by atoms with Gasteiger partial charge in [0, 0.05) is 6.08 Å². The molecule has 0 aromatic rings. The third kappa shape index (κ3) is 2.86. The molecule has 0 aromatic carbocycles. The average Bonchev–Trinajstić information content (AvgIpc) is 2.19. The molecule has 0 bridgehead atoms. The Hall–Kier alpha value is -0.790. The molecular formula is C12H20O2. The van der Waals surface area contributed by atoms with Crippen LogP contribution in [-0.4, -0.2) is 11.6 Å². The molecule has 0 N–H and O–H groups in total. The van der Waals surface area contributed by atoms with Crippen molar-refractivity contribution in [1.29, 1.82) is 0 Å². The summed E-state index contributed by atoms with van der Waals surface area (Å²) in [4.78, 5) is 11.4. The van der Waals surface area contributed by atoms with E-state index in [2.05, 4.69) is 6.92 Å². The van der Waals surface area contributed by atoms with Crippen molar-refractivity contribution in [2.24, 2.45) is 0 Å². The van der Waals surface area contributed by atoms with Crippen LogP contribution in [0.15, 0.2) is 12.2 Å². The summed E-state index contributed by atoms with van der Waals surface area (Å²) in [5.41, 5.74) is -0.158. The van der Waals surface area contributed by atoms with Crippen molar-refractivity contribution in [1.82, 2.24) is 0 Å². The van der Waals surface area contributed by atoms with Gasteiger partial charge in [0.2, 0.25) is 0 Å². The highest BCUT2D eigenvalue weighted by atomic mass is 16.6. The molecule has 2 nitrogen and oxygen atoms in total. The monoisotopic (exact) mass is 196 g/mol. The Kier molecular flexibility index (Phi) is 4.18. The van der Waals surface area contributed by atoms with Crippen molar-refractivity contribution in [3.63, 3.8) is 0 Å². The Morgan fingerprint density at radius 3 is 2.50 bits per heavy atom. The Labute approximate surface area is 86.3 Å². The minimum absolute atomic E-state index is 0.158. The second-order valence-electron chi connectivity index (χ2n) is 4.02. The van der Waals surface area contributed by atoms with Gasteiger partial charge in [0.1, 0.15) is 5.60 Å². The Bertz CT molecular complexity index is 212. The van der Waals surface area contributed by atoms with Crippen molar-refractivity contribution in [3.8, 4) is 0 Å². The van der Waals surface area contributed by atoms with Crippen molar-refractivity contribution < 1.29 is 9.53 Å². The lowest BCUT2D eigenvalue weighted by molar-refractivity contribution is -0.157. The van der Waals surface area contributed by atoms with Crippen molar-refractivity contribution >= 4 is 5.97 Å². The predicted octanol–water partition coefficient (Wildman–Crippen LogP) is 3.22. The third-order valence-corrected chi connectivity index (χ3v) is 3.03. The summed E-state index contributed by atoms with van der Waals surface area (Å²) in [7, 11) is 0. The van der Waals surface area contributed by atoms with Crippen LogP contribution in [0.2, 0.25) is 0 Å². The van der Waals surface area contributed by atoms with E-state index in [1.54, 1.807) is 6.08 Å². The summed E-state index contributed by atoms with van der Waals surface area (Å²) in [6.07, 6.45) is 9.91. The Morgan fingerprint density at radius 1 is 1.36 bits per heavy atom. The molecule has 0 aliphatic heterocycles. The van der Waals surface area contributed by atoms with Gasteiger partial charge in [-0.2, -0.15) is 0 Å². The van der Waals surface area contributed by atoms with Crippen LogP contribution < -0.4 is 0 Å². The molecule has 0 saturated heterocycles. The van der Waals surface area contributed by atoms with Gasteiger partial charge in [0.15, 0.2) is 0 Å². The number of rotatable bonds is 3. The quantitative estimate of drug-likeness (QED) is 0.511. The van der Waals surface area contributed by atoms with E-state index < -0.39 is 0 Å². The minimum Gasteiger partial charge on any atom is -0.456 e. The van der Waals surface area contributed by atoms with Gasteiger partial charge in [-0.05, 0) is 39.0 Å². The molecule has 0 heterocycles. The molecule has 0 spiro atoms. The van der Waals surface area contributed by atoms with Gasteiger partial charge in [-0.3, -0.25) is 0 Å². The molecular weight excluding hydrogens is 176 g/mol. The first kappa shape index (κ1) is 11.3. The fraction of sp³-hybridized carbons (Fsp3) is 0.750. The molecule has 14 heavy (non-hydrogen) atoms. The van der Waals surface area contributed by atoms with E-state index in [1.807, 2.05) is 6.92 Å². The second kappa shape index (κ2) is 5.18. The highest BCUT2D eigenvalue weighted by molar-refractivity contribution is 5.82. The molecule has 0 aromatic heterocycles. The van der Waals surface area contributed by atoms with Crippen molar-refractivity contribution in [2.45, 2.75) is 58.0 Å². The Balaban J connectivity index is 2.55. The van der Waals surface area contributed by atoms with E-state index >= 15 is 0 Å². The molecule has 1 rings (SSSR count).